The minimum Gasteiger partial charge on any atom is -0.594 e. The minimum atomic E-state index is 0.399. The van der Waals surface area contributed by atoms with Gasteiger partial charge in [0.05, 0.1) is 5.10 Å². The molecule has 6 nitrogen and oxygen atoms in total. The average Bonchev–Trinajstić information content (AvgIpc) is 2.50. The Morgan fingerprint density at radius 1 is 1.30 bits per heavy atom. The zero-order chi connectivity index (χ0) is 16.4. The van der Waals surface area contributed by atoms with Crippen LogP contribution in [0.2, 0.25) is 0 Å². The first kappa shape index (κ1) is 15.9. The van der Waals surface area contributed by atoms with Gasteiger partial charge in [0.2, 0.25) is 0 Å². The summed E-state index contributed by atoms with van der Waals surface area (Å²) in [5, 5.41) is 19.3. The SMILES string of the molecule is Cc1cccc2nc(NCCN3C(C)CCCC3C)n[n+]([O-])c12. The molecule has 1 aromatic heterocycles. The maximum absolute atomic E-state index is 12.1. The van der Waals surface area contributed by atoms with Crippen LogP contribution < -0.4 is 10.2 Å². The highest BCUT2D eigenvalue weighted by Crippen LogP contribution is 2.21. The molecule has 124 valence electrons. The van der Waals surface area contributed by atoms with E-state index in [0.717, 1.165) is 18.7 Å². The van der Waals surface area contributed by atoms with Crippen LogP contribution in [0.15, 0.2) is 18.2 Å². The molecule has 0 radical (unpaired) electrons. The van der Waals surface area contributed by atoms with Gasteiger partial charge in [-0.25, -0.2) is 4.98 Å². The van der Waals surface area contributed by atoms with Gasteiger partial charge in [0, 0.05) is 30.7 Å². The summed E-state index contributed by atoms with van der Waals surface area (Å²) in [7, 11) is 0. The molecule has 0 bridgehead atoms. The number of fused-ring (bicyclic) bond motifs is 1. The molecule has 0 saturated carbocycles. The van der Waals surface area contributed by atoms with Crippen LogP contribution >= 0.6 is 0 Å². The summed E-state index contributed by atoms with van der Waals surface area (Å²) >= 11 is 0. The van der Waals surface area contributed by atoms with Crippen molar-refractivity contribution >= 4 is 17.0 Å². The summed E-state index contributed by atoms with van der Waals surface area (Å²) in [6, 6.07) is 6.88. The smallest absolute Gasteiger partial charge is 0.290 e. The topological polar surface area (TPSA) is 68.0 Å². The Morgan fingerprint density at radius 3 is 2.78 bits per heavy atom. The van der Waals surface area contributed by atoms with E-state index >= 15 is 0 Å². The molecule has 1 aromatic carbocycles. The second kappa shape index (κ2) is 6.66. The van der Waals surface area contributed by atoms with Crippen molar-refractivity contribution in [3.8, 4) is 0 Å². The van der Waals surface area contributed by atoms with E-state index in [-0.39, 0.29) is 0 Å². The van der Waals surface area contributed by atoms with Crippen molar-refractivity contribution in [2.45, 2.75) is 52.1 Å². The first-order valence-electron chi connectivity index (χ1n) is 8.43. The van der Waals surface area contributed by atoms with Gasteiger partial charge in [-0.1, -0.05) is 18.6 Å². The number of nitrogens with one attached hydrogen (secondary N) is 1. The van der Waals surface area contributed by atoms with Crippen molar-refractivity contribution in [1.82, 2.24) is 15.0 Å². The number of aromatic nitrogens is 3. The van der Waals surface area contributed by atoms with E-state index < -0.39 is 0 Å². The van der Waals surface area contributed by atoms with Gasteiger partial charge in [-0.05, 0) is 44.5 Å². The van der Waals surface area contributed by atoms with E-state index in [4.69, 9.17) is 0 Å². The van der Waals surface area contributed by atoms with Gasteiger partial charge in [0.1, 0.15) is 5.52 Å². The number of para-hydroxylation sites is 1. The van der Waals surface area contributed by atoms with Gasteiger partial charge in [-0.3, -0.25) is 4.90 Å². The highest BCUT2D eigenvalue weighted by molar-refractivity contribution is 5.74. The number of hydrogen-bond acceptors (Lipinski definition) is 5. The molecule has 0 aliphatic carbocycles. The zero-order valence-electron chi connectivity index (χ0n) is 14.1. The Bertz CT molecular complexity index is 680. The standard InChI is InChI=1S/C17H25N5O/c1-12-6-4-9-15-16(12)22(23)20-17(19-15)18-10-11-21-13(2)7-5-8-14(21)3/h4,6,9,13-14H,5,7-8,10-11H2,1-3H3,(H,18,19,20). The van der Waals surface area contributed by atoms with E-state index in [1.54, 1.807) is 0 Å². The molecule has 2 atom stereocenters. The molecule has 1 fully saturated rings. The lowest BCUT2D eigenvalue weighted by Gasteiger charge is -2.38. The molecule has 1 aliphatic rings. The molecule has 2 aromatic rings. The predicted octanol–water partition coefficient (Wildman–Crippen LogP) is 2.25. The van der Waals surface area contributed by atoms with Crippen LogP contribution in [0.3, 0.4) is 0 Å². The monoisotopic (exact) mass is 315 g/mol. The normalized spacial score (nSPS) is 22.4. The Kier molecular flexibility index (Phi) is 4.61. The maximum Gasteiger partial charge on any atom is 0.290 e. The second-order valence-corrected chi connectivity index (χ2v) is 6.54. The number of anilines is 1. The molecule has 1 N–H and O–H groups in total. The van der Waals surface area contributed by atoms with Crippen LogP contribution in [0.4, 0.5) is 5.95 Å². The van der Waals surface area contributed by atoms with Crippen LogP contribution in [0.5, 0.6) is 0 Å². The van der Waals surface area contributed by atoms with Crippen molar-refractivity contribution in [3.05, 3.63) is 29.0 Å². The molecule has 0 spiro atoms. The first-order valence-corrected chi connectivity index (χ1v) is 8.43. The molecule has 0 amide bonds. The van der Waals surface area contributed by atoms with Crippen LogP contribution in [0.25, 0.3) is 11.0 Å². The number of rotatable bonds is 4. The molecule has 2 unspecified atom stereocenters. The van der Waals surface area contributed by atoms with Gasteiger partial charge >= 0.3 is 0 Å². The Morgan fingerprint density at radius 2 is 2.04 bits per heavy atom. The molecule has 6 heteroatoms. The number of aryl methyl sites for hydroxylation is 1. The van der Waals surface area contributed by atoms with Crippen LogP contribution in [-0.2, 0) is 0 Å². The first-order chi connectivity index (χ1) is 11.1. The summed E-state index contributed by atoms with van der Waals surface area (Å²) in [6.07, 6.45) is 3.84. The molecule has 3 rings (SSSR count). The Hall–Kier alpha value is -1.95. The van der Waals surface area contributed by atoms with Gasteiger partial charge < -0.3 is 10.5 Å². The Balaban J connectivity index is 1.68. The van der Waals surface area contributed by atoms with Gasteiger partial charge in [0.15, 0.2) is 0 Å². The van der Waals surface area contributed by atoms with E-state index in [1.807, 2.05) is 25.1 Å². The van der Waals surface area contributed by atoms with Crippen molar-refractivity contribution in [1.29, 1.82) is 0 Å². The number of likely N-dealkylation sites (tertiary alicyclic amines) is 1. The summed E-state index contributed by atoms with van der Waals surface area (Å²) in [5.41, 5.74) is 2.11. The fourth-order valence-electron chi connectivity index (χ4n) is 3.54. The molecule has 1 saturated heterocycles. The third-order valence-corrected chi connectivity index (χ3v) is 4.85. The van der Waals surface area contributed by atoms with Gasteiger partial charge in [-0.15, -0.1) is 0 Å². The molecular weight excluding hydrogens is 290 g/mol. The van der Waals surface area contributed by atoms with Crippen LogP contribution in [0, 0.1) is 12.1 Å². The zero-order valence-corrected chi connectivity index (χ0v) is 14.1. The molecule has 23 heavy (non-hydrogen) atoms. The van der Waals surface area contributed by atoms with Crippen molar-refractivity contribution in [2.75, 3.05) is 18.4 Å². The lowest BCUT2D eigenvalue weighted by molar-refractivity contribution is -0.641. The lowest BCUT2D eigenvalue weighted by atomic mass is 9.98. The highest BCUT2D eigenvalue weighted by atomic mass is 16.5. The number of hydrogen-bond donors (Lipinski definition) is 1. The van der Waals surface area contributed by atoms with Gasteiger partial charge in [0.25, 0.3) is 11.5 Å². The third kappa shape index (κ3) is 3.37. The Labute approximate surface area is 137 Å². The second-order valence-electron chi connectivity index (χ2n) is 6.54. The number of benzene rings is 1. The summed E-state index contributed by atoms with van der Waals surface area (Å²) in [5.74, 6) is 0.399. The number of nitrogens with zero attached hydrogens (tertiary/aromatic N) is 4. The number of piperidine rings is 1. The van der Waals surface area contributed by atoms with E-state index in [2.05, 4.69) is 34.1 Å². The van der Waals surface area contributed by atoms with Crippen molar-refractivity contribution < 1.29 is 4.85 Å². The van der Waals surface area contributed by atoms with E-state index in [9.17, 15) is 5.21 Å². The quantitative estimate of drug-likeness (QED) is 0.692. The minimum absolute atomic E-state index is 0.399. The largest absolute Gasteiger partial charge is 0.594 e. The highest BCUT2D eigenvalue weighted by Gasteiger charge is 2.24. The average molecular weight is 315 g/mol. The van der Waals surface area contributed by atoms with E-state index in [0.29, 0.717) is 33.9 Å². The maximum atomic E-state index is 12.1. The van der Waals surface area contributed by atoms with Crippen molar-refractivity contribution in [2.24, 2.45) is 0 Å². The molecular formula is C17H25N5O. The fraction of sp³-hybridized carbons (Fsp3) is 0.588. The summed E-state index contributed by atoms with van der Waals surface area (Å²) in [4.78, 5) is 7.65. The van der Waals surface area contributed by atoms with Crippen LogP contribution in [0.1, 0.15) is 38.7 Å². The van der Waals surface area contributed by atoms with E-state index in [1.165, 1.54) is 19.3 Å². The van der Waals surface area contributed by atoms with Crippen LogP contribution in [-0.4, -0.2) is 40.2 Å². The predicted molar refractivity (Wildman–Crippen MR) is 91.2 cm³/mol. The van der Waals surface area contributed by atoms with Crippen molar-refractivity contribution in [3.63, 3.8) is 0 Å². The van der Waals surface area contributed by atoms with Gasteiger partial charge in [-0.2, -0.15) is 0 Å². The molecule has 2 heterocycles. The molecule has 1 aliphatic heterocycles. The summed E-state index contributed by atoms with van der Waals surface area (Å²) in [6.45, 7) is 8.15. The fourth-order valence-corrected chi connectivity index (χ4v) is 3.54. The lowest BCUT2D eigenvalue weighted by Crippen LogP contribution is -2.46. The summed E-state index contributed by atoms with van der Waals surface area (Å²) < 4.78 is 0. The third-order valence-electron chi connectivity index (χ3n) is 4.85.